The monoisotopic (exact) mass is 169 g/mol. The van der Waals surface area contributed by atoms with Gasteiger partial charge in [-0.05, 0) is 20.3 Å². The van der Waals surface area contributed by atoms with Crippen molar-refractivity contribution in [3.8, 4) is 0 Å². The van der Waals surface area contributed by atoms with Crippen molar-refractivity contribution >= 4 is 6.34 Å². The van der Waals surface area contributed by atoms with E-state index in [0.717, 1.165) is 13.0 Å². The highest BCUT2D eigenvalue weighted by Gasteiger charge is 1.95. The summed E-state index contributed by atoms with van der Waals surface area (Å²) in [4.78, 5) is 6.08. The van der Waals surface area contributed by atoms with Crippen LogP contribution in [0.25, 0.3) is 0 Å². The number of rotatable bonds is 5. The summed E-state index contributed by atoms with van der Waals surface area (Å²) in [7, 11) is 2.00. The van der Waals surface area contributed by atoms with E-state index in [4.69, 9.17) is 5.73 Å². The number of hydrogen-bond acceptors (Lipinski definition) is 2. The summed E-state index contributed by atoms with van der Waals surface area (Å²) in [6.07, 6.45) is 6.47. The minimum absolute atomic E-state index is 0.266. The molecule has 0 heterocycles. The fraction of sp³-hybridized carbons (Fsp3) is 0.667. The third-order valence-electron chi connectivity index (χ3n) is 1.44. The van der Waals surface area contributed by atoms with Crippen LogP contribution in [0.15, 0.2) is 17.3 Å². The molecule has 0 aromatic heterocycles. The summed E-state index contributed by atoms with van der Waals surface area (Å²) in [6, 6.07) is 0.266. The van der Waals surface area contributed by atoms with Crippen LogP contribution >= 0.6 is 0 Å². The van der Waals surface area contributed by atoms with Gasteiger partial charge in [-0.3, -0.25) is 0 Å². The Balaban J connectivity index is 3.51. The lowest BCUT2D eigenvalue weighted by Crippen LogP contribution is -2.24. The molecule has 0 aromatic rings. The van der Waals surface area contributed by atoms with Crippen LogP contribution in [0.5, 0.6) is 0 Å². The second kappa shape index (κ2) is 6.85. The topological polar surface area (TPSA) is 41.6 Å². The van der Waals surface area contributed by atoms with Crippen LogP contribution in [0, 0.1) is 0 Å². The Labute approximate surface area is 75.0 Å². The maximum absolute atomic E-state index is 5.61. The lowest BCUT2D eigenvalue weighted by molar-refractivity contribution is 0.474. The Bertz CT molecular complexity index is 150. The Morgan fingerprint density at radius 2 is 2.25 bits per heavy atom. The van der Waals surface area contributed by atoms with E-state index >= 15 is 0 Å². The number of nitrogens with zero attached hydrogens (tertiary/aromatic N) is 2. The summed E-state index contributed by atoms with van der Waals surface area (Å²) in [5, 5.41) is 0. The summed E-state index contributed by atoms with van der Waals surface area (Å²) in [5.74, 6) is 0. The molecule has 2 N–H and O–H groups in total. The van der Waals surface area contributed by atoms with Crippen molar-refractivity contribution in [3.63, 3.8) is 0 Å². The van der Waals surface area contributed by atoms with Gasteiger partial charge in [0.05, 0.1) is 6.34 Å². The van der Waals surface area contributed by atoms with Crippen molar-refractivity contribution < 1.29 is 0 Å². The van der Waals surface area contributed by atoms with Gasteiger partial charge in [0.2, 0.25) is 0 Å². The number of hydrogen-bond donors (Lipinski definition) is 1. The van der Waals surface area contributed by atoms with E-state index in [0.29, 0.717) is 0 Å². The zero-order valence-electron chi connectivity index (χ0n) is 8.20. The van der Waals surface area contributed by atoms with E-state index in [1.54, 1.807) is 6.20 Å². The number of aliphatic imine (C=N–C) groups is 1. The molecule has 0 bridgehead atoms. The second-order valence-electron chi connectivity index (χ2n) is 2.99. The van der Waals surface area contributed by atoms with Crippen molar-refractivity contribution in [3.05, 3.63) is 12.3 Å². The summed E-state index contributed by atoms with van der Waals surface area (Å²) >= 11 is 0. The predicted octanol–water partition coefficient (Wildman–Crippen LogP) is 1.22. The largest absolute Gasteiger partial charge is 0.366 e. The summed E-state index contributed by atoms with van der Waals surface area (Å²) < 4.78 is 0. The molecule has 0 saturated heterocycles. The Morgan fingerprint density at radius 1 is 1.58 bits per heavy atom. The molecule has 1 unspecified atom stereocenters. The van der Waals surface area contributed by atoms with Gasteiger partial charge < -0.3 is 10.6 Å². The first-order valence-corrected chi connectivity index (χ1v) is 4.27. The molecule has 12 heavy (non-hydrogen) atoms. The molecule has 3 heteroatoms. The van der Waals surface area contributed by atoms with Crippen molar-refractivity contribution in [2.75, 3.05) is 13.6 Å². The van der Waals surface area contributed by atoms with Crippen LogP contribution in [0.4, 0.5) is 0 Å². The first kappa shape index (κ1) is 11.2. The standard InChI is InChI=1S/C9H19N3/c1-4-6-11-8-12(3)7-5-9(2)10/h4,6,8-9H,5,7,10H2,1-3H3/b6-4+,11-8+. The summed E-state index contributed by atoms with van der Waals surface area (Å²) in [6.45, 7) is 4.91. The van der Waals surface area contributed by atoms with Crippen molar-refractivity contribution in [2.45, 2.75) is 26.3 Å². The van der Waals surface area contributed by atoms with Gasteiger partial charge in [-0.1, -0.05) is 6.08 Å². The molecule has 70 valence electrons. The quantitative estimate of drug-likeness (QED) is 0.496. The van der Waals surface area contributed by atoms with Gasteiger partial charge in [-0.15, -0.1) is 0 Å². The fourth-order valence-corrected chi connectivity index (χ4v) is 0.703. The highest BCUT2D eigenvalue weighted by atomic mass is 15.1. The first-order valence-electron chi connectivity index (χ1n) is 4.27. The van der Waals surface area contributed by atoms with Gasteiger partial charge in [0.25, 0.3) is 0 Å². The highest BCUT2D eigenvalue weighted by Crippen LogP contribution is 1.88. The van der Waals surface area contributed by atoms with Gasteiger partial charge in [-0.2, -0.15) is 0 Å². The van der Waals surface area contributed by atoms with Crippen molar-refractivity contribution in [1.29, 1.82) is 0 Å². The highest BCUT2D eigenvalue weighted by molar-refractivity contribution is 5.55. The third-order valence-corrected chi connectivity index (χ3v) is 1.44. The minimum atomic E-state index is 0.266. The molecule has 0 saturated carbocycles. The fourth-order valence-electron chi connectivity index (χ4n) is 0.703. The molecule has 0 aliphatic heterocycles. The van der Waals surface area contributed by atoms with Crippen LogP contribution in [-0.2, 0) is 0 Å². The lowest BCUT2D eigenvalue weighted by Gasteiger charge is -2.13. The van der Waals surface area contributed by atoms with E-state index in [2.05, 4.69) is 4.99 Å². The molecule has 0 amide bonds. The smallest absolute Gasteiger partial charge is 0.0902 e. The molecule has 0 rings (SSSR count). The molecule has 0 aromatic carbocycles. The van der Waals surface area contributed by atoms with E-state index in [1.165, 1.54) is 0 Å². The van der Waals surface area contributed by atoms with E-state index in [1.807, 2.05) is 38.2 Å². The summed E-state index contributed by atoms with van der Waals surface area (Å²) in [5.41, 5.74) is 5.61. The van der Waals surface area contributed by atoms with Gasteiger partial charge in [0, 0.05) is 25.8 Å². The first-order chi connectivity index (χ1) is 5.66. The van der Waals surface area contributed by atoms with Crippen LogP contribution in [-0.4, -0.2) is 30.9 Å². The molecule has 0 radical (unpaired) electrons. The molecule has 3 nitrogen and oxygen atoms in total. The third kappa shape index (κ3) is 7.28. The Hall–Kier alpha value is -0.830. The maximum atomic E-state index is 5.61. The zero-order valence-corrected chi connectivity index (χ0v) is 8.20. The number of allylic oxidation sites excluding steroid dienone is 1. The lowest BCUT2D eigenvalue weighted by atomic mass is 10.2. The maximum Gasteiger partial charge on any atom is 0.0902 e. The molecule has 0 aliphatic carbocycles. The Morgan fingerprint density at radius 3 is 2.75 bits per heavy atom. The zero-order chi connectivity index (χ0) is 9.40. The van der Waals surface area contributed by atoms with Gasteiger partial charge in [-0.25, -0.2) is 4.99 Å². The minimum Gasteiger partial charge on any atom is -0.366 e. The van der Waals surface area contributed by atoms with Crippen molar-refractivity contribution in [1.82, 2.24) is 4.90 Å². The van der Waals surface area contributed by atoms with Crippen molar-refractivity contribution in [2.24, 2.45) is 10.7 Å². The average Bonchev–Trinajstić information content (AvgIpc) is 2.01. The molecule has 0 aliphatic rings. The molecule has 0 fully saturated rings. The van der Waals surface area contributed by atoms with Gasteiger partial charge in [0.15, 0.2) is 0 Å². The number of nitrogens with two attached hydrogens (primary N) is 1. The van der Waals surface area contributed by atoms with Gasteiger partial charge in [0.1, 0.15) is 0 Å². The average molecular weight is 169 g/mol. The van der Waals surface area contributed by atoms with E-state index < -0.39 is 0 Å². The van der Waals surface area contributed by atoms with E-state index in [-0.39, 0.29) is 6.04 Å². The molecular weight excluding hydrogens is 150 g/mol. The molecule has 0 spiro atoms. The normalized spacial score (nSPS) is 14.3. The van der Waals surface area contributed by atoms with Crippen LogP contribution in [0.1, 0.15) is 20.3 Å². The Kier molecular flexibility index (Phi) is 6.38. The molecule has 1 atom stereocenters. The van der Waals surface area contributed by atoms with Crippen LogP contribution in [0.2, 0.25) is 0 Å². The van der Waals surface area contributed by atoms with E-state index in [9.17, 15) is 0 Å². The van der Waals surface area contributed by atoms with Crippen LogP contribution < -0.4 is 5.73 Å². The van der Waals surface area contributed by atoms with Crippen LogP contribution in [0.3, 0.4) is 0 Å². The SMILES string of the molecule is C/C=C/N=C/N(C)CCC(C)N. The second-order valence-corrected chi connectivity index (χ2v) is 2.99. The van der Waals surface area contributed by atoms with Gasteiger partial charge >= 0.3 is 0 Å². The predicted molar refractivity (Wildman–Crippen MR) is 54.2 cm³/mol. The molecular formula is C9H19N3.